The first-order chi connectivity index (χ1) is 14.0. The van der Waals surface area contributed by atoms with Gasteiger partial charge in [0.1, 0.15) is 0 Å². The lowest BCUT2D eigenvalue weighted by molar-refractivity contribution is -0.121. The number of carbonyl (C=O) groups is 2. The minimum absolute atomic E-state index is 0.0354. The maximum Gasteiger partial charge on any atom is 0.254 e. The van der Waals surface area contributed by atoms with Gasteiger partial charge in [0.05, 0.1) is 18.8 Å². The summed E-state index contributed by atoms with van der Waals surface area (Å²) < 4.78 is 5.09. The van der Waals surface area contributed by atoms with Crippen molar-refractivity contribution in [2.45, 2.75) is 31.0 Å². The fourth-order valence-corrected chi connectivity index (χ4v) is 3.96. The van der Waals surface area contributed by atoms with Crippen LogP contribution in [0.3, 0.4) is 0 Å². The van der Waals surface area contributed by atoms with Gasteiger partial charge in [-0.05, 0) is 49.6 Å². The molecule has 0 bridgehead atoms. The molecule has 0 atom stereocenters. The number of benzene rings is 1. The van der Waals surface area contributed by atoms with Crippen LogP contribution >= 0.6 is 23.1 Å². The highest BCUT2D eigenvalue weighted by Crippen LogP contribution is 2.22. The second-order valence-corrected chi connectivity index (χ2v) is 8.30. The molecule has 7 nitrogen and oxygen atoms in total. The zero-order chi connectivity index (χ0) is 20.6. The van der Waals surface area contributed by atoms with E-state index in [1.165, 1.54) is 4.90 Å². The van der Waals surface area contributed by atoms with Crippen LogP contribution in [-0.4, -0.2) is 39.9 Å². The summed E-state index contributed by atoms with van der Waals surface area (Å²) >= 11 is 3.14. The molecule has 9 heteroatoms. The van der Waals surface area contributed by atoms with Crippen LogP contribution in [-0.2, 0) is 17.1 Å². The molecule has 2 heterocycles. The van der Waals surface area contributed by atoms with Crippen molar-refractivity contribution in [2.24, 2.45) is 0 Å². The van der Waals surface area contributed by atoms with Crippen molar-refractivity contribution in [1.82, 2.24) is 20.4 Å². The van der Waals surface area contributed by atoms with Gasteiger partial charge < -0.3 is 14.7 Å². The molecule has 0 spiro atoms. The third-order valence-corrected chi connectivity index (χ3v) is 5.95. The second-order valence-electron chi connectivity index (χ2n) is 6.22. The molecule has 0 aliphatic carbocycles. The van der Waals surface area contributed by atoms with Crippen molar-refractivity contribution in [3.05, 3.63) is 63.9 Å². The average molecular weight is 431 g/mol. The van der Waals surface area contributed by atoms with Crippen LogP contribution in [0.15, 0.2) is 51.2 Å². The molecule has 3 rings (SSSR count). The van der Waals surface area contributed by atoms with Gasteiger partial charge in [0.2, 0.25) is 11.8 Å². The molecule has 0 saturated heterocycles. The van der Waals surface area contributed by atoms with E-state index in [2.05, 4.69) is 15.5 Å². The average Bonchev–Trinajstić information content (AvgIpc) is 3.40. The molecule has 1 aromatic carbocycles. The summed E-state index contributed by atoms with van der Waals surface area (Å²) in [5.41, 5.74) is 0.552. The van der Waals surface area contributed by atoms with E-state index >= 15 is 0 Å². The van der Waals surface area contributed by atoms with Gasteiger partial charge in [-0.3, -0.25) is 9.59 Å². The lowest BCUT2D eigenvalue weighted by Crippen LogP contribution is -2.40. The Bertz CT molecular complexity index is 939. The summed E-state index contributed by atoms with van der Waals surface area (Å²) in [4.78, 5) is 32.7. The first kappa shape index (κ1) is 21.1. The van der Waals surface area contributed by atoms with Gasteiger partial charge in [-0.2, -0.15) is 4.98 Å². The molecular formula is C20H22N4O3S2. The Hall–Kier alpha value is -2.65. The van der Waals surface area contributed by atoms with Gasteiger partial charge in [0.25, 0.3) is 5.91 Å². The summed E-state index contributed by atoms with van der Waals surface area (Å²) in [7, 11) is 0. The summed E-state index contributed by atoms with van der Waals surface area (Å²) in [5, 5.41) is 8.58. The second kappa shape index (κ2) is 10.2. The standard InChI is InChI=1S/C20H22N4O3S2/c1-3-24(12-18(25)21-11-17-5-4-10-28-17)20(26)15-6-8-16(9-7-15)29-13-19-22-14(2)23-27-19/h4-10H,3,11-13H2,1-2H3,(H,21,25). The van der Waals surface area contributed by atoms with E-state index in [0.29, 0.717) is 36.1 Å². The van der Waals surface area contributed by atoms with Gasteiger partial charge >= 0.3 is 0 Å². The highest BCUT2D eigenvalue weighted by atomic mass is 32.2. The number of aromatic nitrogens is 2. The summed E-state index contributed by atoms with van der Waals surface area (Å²) in [6.07, 6.45) is 0. The number of hydrogen-bond donors (Lipinski definition) is 1. The quantitative estimate of drug-likeness (QED) is 0.523. The van der Waals surface area contributed by atoms with E-state index in [4.69, 9.17) is 4.52 Å². The number of likely N-dealkylation sites (N-methyl/N-ethyl adjacent to an activating group) is 1. The molecular weight excluding hydrogens is 408 g/mol. The smallest absolute Gasteiger partial charge is 0.254 e. The molecule has 0 fully saturated rings. The van der Waals surface area contributed by atoms with Gasteiger partial charge in [-0.25, -0.2) is 0 Å². The van der Waals surface area contributed by atoms with Crippen molar-refractivity contribution in [3.63, 3.8) is 0 Å². The van der Waals surface area contributed by atoms with Crippen LogP contribution in [0.1, 0.15) is 33.9 Å². The minimum Gasteiger partial charge on any atom is -0.350 e. The number of carbonyl (C=O) groups excluding carboxylic acids is 2. The molecule has 0 aliphatic rings. The molecule has 3 aromatic rings. The minimum atomic E-state index is -0.171. The number of hydrogen-bond acceptors (Lipinski definition) is 7. The third-order valence-electron chi connectivity index (χ3n) is 4.08. The van der Waals surface area contributed by atoms with Crippen LogP contribution in [0.25, 0.3) is 0 Å². The largest absolute Gasteiger partial charge is 0.350 e. The first-order valence-electron chi connectivity index (χ1n) is 9.15. The lowest BCUT2D eigenvalue weighted by Gasteiger charge is -2.20. The molecule has 2 aromatic heterocycles. The Labute approximate surface area is 177 Å². The molecule has 2 amide bonds. The van der Waals surface area contributed by atoms with Crippen LogP contribution in [0, 0.1) is 6.92 Å². The van der Waals surface area contributed by atoms with E-state index in [1.54, 1.807) is 42.2 Å². The Morgan fingerprint density at radius 2 is 2.03 bits per heavy atom. The monoisotopic (exact) mass is 430 g/mol. The number of nitrogens with zero attached hydrogens (tertiary/aromatic N) is 3. The molecule has 152 valence electrons. The van der Waals surface area contributed by atoms with E-state index in [9.17, 15) is 9.59 Å². The number of nitrogens with one attached hydrogen (secondary N) is 1. The van der Waals surface area contributed by atoms with Gasteiger partial charge in [0, 0.05) is 21.9 Å². The van der Waals surface area contributed by atoms with Crippen molar-refractivity contribution >= 4 is 34.9 Å². The zero-order valence-corrected chi connectivity index (χ0v) is 17.9. The molecule has 29 heavy (non-hydrogen) atoms. The fraction of sp³-hybridized carbons (Fsp3) is 0.300. The van der Waals surface area contributed by atoms with Crippen LogP contribution < -0.4 is 5.32 Å². The van der Waals surface area contributed by atoms with Crippen molar-refractivity contribution in [2.75, 3.05) is 13.1 Å². The SMILES string of the molecule is CCN(CC(=O)NCc1cccs1)C(=O)c1ccc(SCc2nc(C)no2)cc1. The van der Waals surface area contributed by atoms with Crippen LogP contribution in [0.5, 0.6) is 0 Å². The van der Waals surface area contributed by atoms with E-state index in [-0.39, 0.29) is 18.4 Å². The topological polar surface area (TPSA) is 88.3 Å². The van der Waals surface area contributed by atoms with Crippen LogP contribution in [0.2, 0.25) is 0 Å². The number of rotatable bonds is 9. The molecule has 1 N–H and O–H groups in total. The molecule has 0 saturated carbocycles. The van der Waals surface area contributed by atoms with E-state index in [1.807, 2.05) is 36.6 Å². The van der Waals surface area contributed by atoms with Crippen LogP contribution in [0.4, 0.5) is 0 Å². The summed E-state index contributed by atoms with van der Waals surface area (Å²) in [6.45, 7) is 4.61. The van der Waals surface area contributed by atoms with Gasteiger partial charge in [-0.15, -0.1) is 23.1 Å². The van der Waals surface area contributed by atoms with Crippen molar-refractivity contribution in [3.8, 4) is 0 Å². The maximum atomic E-state index is 12.7. The predicted molar refractivity (Wildman–Crippen MR) is 113 cm³/mol. The highest BCUT2D eigenvalue weighted by Gasteiger charge is 2.17. The fourth-order valence-electron chi connectivity index (χ4n) is 2.58. The lowest BCUT2D eigenvalue weighted by atomic mass is 10.2. The first-order valence-corrected chi connectivity index (χ1v) is 11.0. The third kappa shape index (κ3) is 6.16. The van der Waals surface area contributed by atoms with Gasteiger partial charge in [0.15, 0.2) is 5.82 Å². The van der Waals surface area contributed by atoms with Gasteiger partial charge in [-0.1, -0.05) is 11.2 Å². The number of thiophene rings is 1. The van der Waals surface area contributed by atoms with Crippen molar-refractivity contribution in [1.29, 1.82) is 0 Å². The summed E-state index contributed by atoms with van der Waals surface area (Å²) in [6, 6.07) is 11.2. The highest BCUT2D eigenvalue weighted by molar-refractivity contribution is 7.98. The zero-order valence-electron chi connectivity index (χ0n) is 16.3. The van der Waals surface area contributed by atoms with Crippen molar-refractivity contribution < 1.29 is 14.1 Å². The number of thioether (sulfide) groups is 1. The van der Waals surface area contributed by atoms with E-state index < -0.39 is 0 Å². The summed E-state index contributed by atoms with van der Waals surface area (Å²) in [5.74, 6) is 1.41. The van der Waals surface area contributed by atoms with E-state index in [0.717, 1.165) is 9.77 Å². The molecule has 0 aliphatic heterocycles. The number of amides is 2. The Kier molecular flexibility index (Phi) is 7.42. The molecule has 0 unspecified atom stereocenters. The Morgan fingerprint density at radius 3 is 2.66 bits per heavy atom. The Balaban J connectivity index is 1.52. The number of aryl methyl sites for hydroxylation is 1. The predicted octanol–water partition coefficient (Wildman–Crippen LogP) is 3.51. The maximum absolute atomic E-state index is 12.7. The molecule has 0 radical (unpaired) electrons. The Morgan fingerprint density at radius 1 is 1.24 bits per heavy atom. The normalized spacial score (nSPS) is 10.7.